The maximum Gasteiger partial charge on any atom is 0.330 e. The van der Waals surface area contributed by atoms with Crippen LogP contribution in [0.3, 0.4) is 0 Å². The van der Waals surface area contributed by atoms with Gasteiger partial charge in [-0.2, -0.15) is 0 Å². The molecule has 2 aliphatic rings. The zero-order valence-electron chi connectivity index (χ0n) is 12.8. The number of methoxy groups -OCH3 is 2. The molecule has 23 heavy (non-hydrogen) atoms. The lowest BCUT2D eigenvalue weighted by Gasteiger charge is -2.07. The fraction of sp³-hybridized carbons (Fsp3) is 0.429. The lowest BCUT2D eigenvalue weighted by molar-refractivity contribution is -0.558. The predicted molar refractivity (Wildman–Crippen MR) is 90.4 cm³/mol. The van der Waals surface area contributed by atoms with Gasteiger partial charge < -0.3 is 9.47 Å². The van der Waals surface area contributed by atoms with E-state index in [4.69, 9.17) is 15.2 Å². The number of sulfone groups is 1. The quantitative estimate of drug-likeness (QED) is 0.615. The number of nitrogens with two attached hydrogens (primary N) is 1. The number of ether oxygens (including phenoxy) is 2. The van der Waals surface area contributed by atoms with E-state index in [1.807, 2.05) is 0 Å². The third-order valence-corrected chi connectivity index (χ3v) is 6.98. The summed E-state index contributed by atoms with van der Waals surface area (Å²) >= 11 is 1.37. The number of amidine groups is 1. The van der Waals surface area contributed by atoms with Crippen molar-refractivity contribution in [2.75, 3.05) is 25.7 Å². The molecule has 2 aliphatic heterocycles. The van der Waals surface area contributed by atoms with E-state index in [-0.39, 0.29) is 22.8 Å². The Bertz CT molecular complexity index is 789. The molecule has 9 heteroatoms. The summed E-state index contributed by atoms with van der Waals surface area (Å²) in [6.45, 7) is 0. The molecule has 2 unspecified atom stereocenters. The number of nitrogens with zero attached hydrogens (tertiary/aromatic N) is 2. The normalized spacial score (nSPS) is 25.8. The van der Waals surface area contributed by atoms with Gasteiger partial charge in [0.1, 0.15) is 11.5 Å². The highest BCUT2D eigenvalue weighted by atomic mass is 32.2. The zero-order chi connectivity index (χ0) is 16.6. The van der Waals surface area contributed by atoms with Crippen molar-refractivity contribution in [3.63, 3.8) is 0 Å². The number of hydrazone groups is 1. The lowest BCUT2D eigenvalue weighted by atomic mass is 10.2. The van der Waals surface area contributed by atoms with E-state index in [0.717, 1.165) is 5.56 Å². The number of hydrogen-bond acceptors (Lipinski definition) is 7. The Kier molecular flexibility index (Phi) is 4.24. The Morgan fingerprint density at radius 1 is 1.35 bits per heavy atom. The molecule has 124 valence electrons. The number of thioether (sulfide) groups is 1. The van der Waals surface area contributed by atoms with Crippen molar-refractivity contribution >= 4 is 33.0 Å². The van der Waals surface area contributed by atoms with E-state index < -0.39 is 9.84 Å². The monoisotopic (exact) mass is 356 g/mol. The van der Waals surface area contributed by atoms with E-state index in [0.29, 0.717) is 16.7 Å². The van der Waals surface area contributed by atoms with Crippen molar-refractivity contribution < 1.29 is 22.6 Å². The van der Waals surface area contributed by atoms with Gasteiger partial charge >= 0.3 is 5.17 Å². The molecule has 3 rings (SSSR count). The fourth-order valence-corrected chi connectivity index (χ4v) is 6.46. The number of hydrogen-bond donors (Lipinski definition) is 1. The molecule has 2 atom stereocenters. The standard InChI is InChI=1S/C14H17N3O4S2/c1-20-10-3-4-12(21-2)9(5-10)6-16-17-11-7-23(18,19)8-13(11)22-14(17)15/h3-6,11,13,15H,7-8H2,1-2H3/p+1/b16-6+. The molecule has 0 saturated carbocycles. The molecule has 0 bridgehead atoms. The highest BCUT2D eigenvalue weighted by Gasteiger charge is 2.49. The molecule has 1 fully saturated rings. The van der Waals surface area contributed by atoms with Gasteiger partial charge in [0.15, 0.2) is 15.9 Å². The van der Waals surface area contributed by atoms with Gasteiger partial charge in [-0.05, 0) is 30.0 Å². The molecule has 0 aromatic heterocycles. The second kappa shape index (κ2) is 6.04. The van der Waals surface area contributed by atoms with Gasteiger partial charge in [-0.3, -0.25) is 5.73 Å². The van der Waals surface area contributed by atoms with Gasteiger partial charge in [0, 0.05) is 5.56 Å². The van der Waals surface area contributed by atoms with Gasteiger partial charge in [0.2, 0.25) is 0 Å². The molecule has 0 aliphatic carbocycles. The average molecular weight is 356 g/mol. The summed E-state index contributed by atoms with van der Waals surface area (Å²) in [7, 11) is 0.139. The fourth-order valence-electron chi connectivity index (χ4n) is 2.72. The van der Waals surface area contributed by atoms with Crippen molar-refractivity contribution in [2.45, 2.75) is 11.3 Å². The molecule has 2 heterocycles. The first-order chi connectivity index (χ1) is 10.9. The summed E-state index contributed by atoms with van der Waals surface area (Å²) in [5, 5.41) is 4.86. The molecule has 0 amide bonds. The minimum atomic E-state index is -3.02. The summed E-state index contributed by atoms with van der Waals surface area (Å²) in [5.41, 5.74) is 6.72. The first-order valence-electron chi connectivity index (χ1n) is 6.98. The topological polar surface area (TPSA) is 94.0 Å². The van der Waals surface area contributed by atoms with Crippen LogP contribution in [0.1, 0.15) is 5.56 Å². The van der Waals surface area contributed by atoms with Crippen LogP contribution in [0.25, 0.3) is 0 Å². The summed E-state index contributed by atoms with van der Waals surface area (Å²) in [4.78, 5) is 0. The van der Waals surface area contributed by atoms with Crippen molar-refractivity contribution in [1.29, 1.82) is 0 Å². The predicted octanol–water partition coefficient (Wildman–Crippen LogP) is 0.277. The van der Waals surface area contributed by atoms with Crippen LogP contribution in [0.4, 0.5) is 0 Å². The first-order valence-corrected chi connectivity index (χ1v) is 9.68. The maximum absolute atomic E-state index is 11.8. The van der Waals surface area contributed by atoms with Crippen LogP contribution in [0.5, 0.6) is 11.5 Å². The summed E-state index contributed by atoms with van der Waals surface area (Å²) in [5.74, 6) is 1.56. The van der Waals surface area contributed by atoms with Crippen LogP contribution in [0, 0.1) is 0 Å². The Hall–Kier alpha value is -1.74. The molecule has 1 aromatic rings. The third kappa shape index (κ3) is 3.16. The summed E-state index contributed by atoms with van der Waals surface area (Å²) in [6, 6.07) is 5.17. The van der Waals surface area contributed by atoms with Crippen molar-refractivity contribution in [3.05, 3.63) is 23.8 Å². The van der Waals surface area contributed by atoms with Crippen molar-refractivity contribution in [3.8, 4) is 11.5 Å². The summed E-state index contributed by atoms with van der Waals surface area (Å²) < 4.78 is 35.7. The largest absolute Gasteiger partial charge is 0.497 e. The molecule has 2 N–H and O–H groups in total. The van der Waals surface area contributed by atoms with Gasteiger partial charge in [0.25, 0.3) is 0 Å². The van der Waals surface area contributed by atoms with E-state index >= 15 is 0 Å². The lowest BCUT2D eigenvalue weighted by Crippen LogP contribution is -2.29. The van der Waals surface area contributed by atoms with Crippen molar-refractivity contribution in [1.82, 2.24) is 0 Å². The minimum absolute atomic E-state index is 0.0515. The molecule has 1 saturated heterocycles. The minimum Gasteiger partial charge on any atom is -0.497 e. The Morgan fingerprint density at radius 2 is 2.13 bits per heavy atom. The summed E-state index contributed by atoms with van der Waals surface area (Å²) in [6.07, 6.45) is 1.61. The Morgan fingerprint density at radius 3 is 2.83 bits per heavy atom. The Labute approximate surface area is 139 Å². The van der Waals surface area contributed by atoms with Crippen LogP contribution < -0.4 is 15.2 Å². The Balaban J connectivity index is 1.89. The van der Waals surface area contributed by atoms with Gasteiger partial charge in [-0.25, -0.2) is 8.42 Å². The van der Waals surface area contributed by atoms with Crippen LogP contribution in [-0.2, 0) is 9.84 Å². The van der Waals surface area contributed by atoms with E-state index in [1.165, 1.54) is 11.8 Å². The maximum atomic E-state index is 11.8. The highest BCUT2D eigenvalue weighted by molar-refractivity contribution is 8.15. The van der Waals surface area contributed by atoms with E-state index in [9.17, 15) is 8.42 Å². The van der Waals surface area contributed by atoms with Crippen molar-refractivity contribution in [2.24, 2.45) is 10.8 Å². The van der Waals surface area contributed by atoms with E-state index in [2.05, 4.69) is 5.10 Å². The second-order valence-electron chi connectivity index (χ2n) is 5.34. The van der Waals surface area contributed by atoms with Crippen LogP contribution in [0.15, 0.2) is 23.3 Å². The molecule has 0 spiro atoms. The molecular weight excluding hydrogens is 338 g/mol. The number of fused-ring (bicyclic) bond motifs is 1. The molecule has 1 aromatic carbocycles. The molecule has 0 radical (unpaired) electrons. The van der Waals surface area contributed by atoms with Gasteiger partial charge in [-0.15, -0.1) is 4.68 Å². The highest BCUT2D eigenvalue weighted by Crippen LogP contribution is 2.32. The SMILES string of the molecule is COc1ccc(OC)c(/C=N/[N+]2=C(N)SC3CS(=O)(=O)CC32)c1. The molecular formula is C14H18N3O4S2+. The number of benzene rings is 1. The average Bonchev–Trinajstić information content (AvgIpc) is 2.95. The smallest absolute Gasteiger partial charge is 0.330 e. The van der Waals surface area contributed by atoms with E-state index in [1.54, 1.807) is 43.3 Å². The van der Waals surface area contributed by atoms with Crippen LogP contribution in [0.2, 0.25) is 0 Å². The van der Waals surface area contributed by atoms with Gasteiger partial charge in [0.05, 0.1) is 37.2 Å². The molecule has 7 nitrogen and oxygen atoms in total. The van der Waals surface area contributed by atoms with Crippen LogP contribution in [-0.4, -0.2) is 61.5 Å². The number of rotatable bonds is 4. The van der Waals surface area contributed by atoms with Crippen LogP contribution >= 0.6 is 11.8 Å². The third-order valence-electron chi connectivity index (χ3n) is 3.84. The first kappa shape index (κ1) is 16.1. The zero-order valence-corrected chi connectivity index (χ0v) is 14.4. The second-order valence-corrected chi connectivity index (χ2v) is 8.75. The van der Waals surface area contributed by atoms with Gasteiger partial charge in [-0.1, -0.05) is 5.10 Å².